The van der Waals surface area contributed by atoms with Gasteiger partial charge in [0.05, 0.1) is 11.1 Å². The SMILES string of the molecule is CCCCC1=Cc2c(cc(F)c(-c3ccc(C(=O)Oc4ccc(F)c(F)c4)cc3)c2F)C1. The summed E-state index contributed by atoms with van der Waals surface area (Å²) in [6.07, 6.45) is 5.24. The standard InChI is InChI=1S/C26H20F4O2/c1-2-3-4-15-11-18-13-23(29)24(25(30)20(18)12-15)16-5-7-17(8-6-16)26(31)32-19-9-10-21(27)22(28)14-19/h5-10,12-14H,2-4,11H2,1H3. The number of benzene rings is 3. The number of rotatable bonds is 6. The van der Waals surface area contributed by atoms with Crippen LogP contribution in [-0.2, 0) is 6.42 Å². The van der Waals surface area contributed by atoms with Crippen molar-refractivity contribution in [1.82, 2.24) is 0 Å². The maximum Gasteiger partial charge on any atom is 0.343 e. The number of unbranched alkanes of at least 4 members (excludes halogenated alkanes) is 1. The van der Waals surface area contributed by atoms with E-state index in [1.807, 2.05) is 0 Å². The van der Waals surface area contributed by atoms with Crippen LogP contribution in [-0.4, -0.2) is 5.97 Å². The zero-order valence-electron chi connectivity index (χ0n) is 17.4. The van der Waals surface area contributed by atoms with Crippen molar-refractivity contribution in [3.63, 3.8) is 0 Å². The first kappa shape index (κ1) is 21.8. The number of fused-ring (bicyclic) bond motifs is 1. The molecule has 0 atom stereocenters. The molecule has 0 aliphatic heterocycles. The van der Waals surface area contributed by atoms with Crippen LogP contribution in [0, 0.1) is 23.3 Å². The van der Waals surface area contributed by atoms with Crippen LogP contribution in [0.3, 0.4) is 0 Å². The predicted octanol–water partition coefficient (Wildman–Crippen LogP) is 7.26. The minimum Gasteiger partial charge on any atom is -0.423 e. The van der Waals surface area contributed by atoms with Gasteiger partial charge in [0.15, 0.2) is 11.6 Å². The van der Waals surface area contributed by atoms with E-state index in [0.717, 1.165) is 43.0 Å². The van der Waals surface area contributed by atoms with E-state index in [-0.39, 0.29) is 22.4 Å². The fraction of sp³-hybridized carbons (Fsp3) is 0.192. The molecular formula is C26H20F4O2. The zero-order valence-corrected chi connectivity index (χ0v) is 17.4. The van der Waals surface area contributed by atoms with Gasteiger partial charge in [0.1, 0.15) is 17.4 Å². The van der Waals surface area contributed by atoms with Gasteiger partial charge in [0, 0.05) is 11.6 Å². The maximum absolute atomic E-state index is 15.2. The van der Waals surface area contributed by atoms with Gasteiger partial charge in [-0.15, -0.1) is 0 Å². The lowest BCUT2D eigenvalue weighted by atomic mass is 9.97. The second-order valence-electron chi connectivity index (χ2n) is 7.75. The van der Waals surface area contributed by atoms with Crippen LogP contribution in [0.2, 0.25) is 0 Å². The van der Waals surface area contributed by atoms with Crippen LogP contribution < -0.4 is 4.74 Å². The minimum absolute atomic E-state index is 0.0993. The highest BCUT2D eigenvalue weighted by molar-refractivity contribution is 5.91. The fourth-order valence-corrected chi connectivity index (χ4v) is 3.79. The largest absolute Gasteiger partial charge is 0.423 e. The Bertz CT molecular complexity index is 1210. The van der Waals surface area contributed by atoms with Crippen molar-refractivity contribution < 1.29 is 27.1 Å². The van der Waals surface area contributed by atoms with Crippen molar-refractivity contribution >= 4 is 12.0 Å². The van der Waals surface area contributed by atoms with Crippen molar-refractivity contribution in [2.45, 2.75) is 32.6 Å². The lowest BCUT2D eigenvalue weighted by Gasteiger charge is -2.10. The summed E-state index contributed by atoms with van der Waals surface area (Å²) in [5.41, 5.74) is 2.37. The molecule has 0 saturated carbocycles. The lowest BCUT2D eigenvalue weighted by molar-refractivity contribution is 0.0734. The number of halogens is 4. The van der Waals surface area contributed by atoms with E-state index in [9.17, 15) is 18.0 Å². The Labute approximate surface area is 183 Å². The van der Waals surface area contributed by atoms with Crippen LogP contribution in [0.1, 0.15) is 47.7 Å². The third kappa shape index (κ3) is 4.31. The molecule has 0 heterocycles. The Kier molecular flexibility index (Phi) is 6.12. The summed E-state index contributed by atoms with van der Waals surface area (Å²) in [7, 11) is 0. The number of hydrogen-bond donors (Lipinski definition) is 0. The van der Waals surface area contributed by atoms with Crippen LogP contribution in [0.5, 0.6) is 5.75 Å². The third-order valence-electron chi connectivity index (χ3n) is 5.47. The highest BCUT2D eigenvalue weighted by atomic mass is 19.2. The smallest absolute Gasteiger partial charge is 0.343 e. The molecule has 0 amide bonds. The molecule has 0 saturated heterocycles. The van der Waals surface area contributed by atoms with E-state index in [2.05, 4.69) is 6.92 Å². The van der Waals surface area contributed by atoms with Gasteiger partial charge in [-0.3, -0.25) is 0 Å². The molecule has 0 bridgehead atoms. The quantitative estimate of drug-likeness (QED) is 0.229. The van der Waals surface area contributed by atoms with Gasteiger partial charge in [0.2, 0.25) is 0 Å². The van der Waals surface area contributed by atoms with Gasteiger partial charge in [-0.25, -0.2) is 22.4 Å². The average Bonchev–Trinajstić information content (AvgIpc) is 3.18. The molecule has 164 valence electrons. The molecule has 0 fully saturated rings. The molecule has 0 spiro atoms. The van der Waals surface area contributed by atoms with E-state index in [0.29, 0.717) is 17.5 Å². The normalized spacial score (nSPS) is 12.5. The van der Waals surface area contributed by atoms with Crippen molar-refractivity contribution in [1.29, 1.82) is 0 Å². The molecule has 3 aromatic rings. The van der Waals surface area contributed by atoms with E-state index in [1.54, 1.807) is 6.08 Å². The molecular weight excluding hydrogens is 420 g/mol. The number of hydrogen-bond acceptors (Lipinski definition) is 2. The lowest BCUT2D eigenvalue weighted by Crippen LogP contribution is -2.08. The van der Waals surface area contributed by atoms with Crippen LogP contribution in [0.4, 0.5) is 17.6 Å². The van der Waals surface area contributed by atoms with Gasteiger partial charge in [-0.2, -0.15) is 0 Å². The number of allylic oxidation sites excluding steroid dienone is 1. The average molecular weight is 440 g/mol. The number of ether oxygens (including phenoxy) is 1. The van der Waals surface area contributed by atoms with Gasteiger partial charge in [-0.1, -0.05) is 37.1 Å². The summed E-state index contributed by atoms with van der Waals surface area (Å²) in [4.78, 5) is 12.3. The molecule has 6 heteroatoms. The molecule has 3 aromatic carbocycles. The Morgan fingerprint density at radius 3 is 2.38 bits per heavy atom. The number of esters is 1. The first-order chi connectivity index (χ1) is 15.4. The van der Waals surface area contributed by atoms with E-state index in [1.165, 1.54) is 30.3 Å². The monoisotopic (exact) mass is 440 g/mol. The van der Waals surface area contributed by atoms with Crippen molar-refractivity contribution in [3.05, 3.63) is 94.1 Å². The summed E-state index contributed by atoms with van der Waals surface area (Å²) < 4.78 is 61.3. The fourth-order valence-electron chi connectivity index (χ4n) is 3.79. The molecule has 1 aliphatic rings. The third-order valence-corrected chi connectivity index (χ3v) is 5.47. The summed E-state index contributed by atoms with van der Waals surface area (Å²) >= 11 is 0. The Hall–Kier alpha value is -3.41. The van der Waals surface area contributed by atoms with Crippen LogP contribution in [0.25, 0.3) is 17.2 Å². The van der Waals surface area contributed by atoms with Crippen molar-refractivity contribution in [3.8, 4) is 16.9 Å². The maximum atomic E-state index is 15.2. The van der Waals surface area contributed by atoms with Gasteiger partial charge in [0.25, 0.3) is 0 Å². The minimum atomic E-state index is -1.14. The van der Waals surface area contributed by atoms with E-state index in [4.69, 9.17) is 4.74 Å². The summed E-state index contributed by atoms with van der Waals surface area (Å²) in [5.74, 6) is -4.44. The predicted molar refractivity (Wildman–Crippen MR) is 114 cm³/mol. The molecule has 0 radical (unpaired) electrons. The topological polar surface area (TPSA) is 26.3 Å². The Balaban J connectivity index is 1.57. The highest BCUT2D eigenvalue weighted by Gasteiger charge is 2.23. The zero-order chi connectivity index (χ0) is 22.8. The highest BCUT2D eigenvalue weighted by Crippen LogP contribution is 2.37. The Morgan fingerprint density at radius 2 is 1.69 bits per heavy atom. The van der Waals surface area contributed by atoms with Crippen molar-refractivity contribution in [2.24, 2.45) is 0 Å². The molecule has 0 unspecified atom stereocenters. The molecule has 32 heavy (non-hydrogen) atoms. The van der Waals surface area contributed by atoms with Crippen LogP contribution in [0.15, 0.2) is 54.1 Å². The number of carbonyl (C=O) groups excluding carboxylic acids is 1. The first-order valence-corrected chi connectivity index (χ1v) is 10.4. The summed E-state index contributed by atoms with van der Waals surface area (Å²) in [6, 6.07) is 9.69. The molecule has 1 aliphatic carbocycles. The van der Waals surface area contributed by atoms with Gasteiger partial charge >= 0.3 is 5.97 Å². The second kappa shape index (κ2) is 8.99. The van der Waals surface area contributed by atoms with E-state index >= 15 is 4.39 Å². The molecule has 4 rings (SSSR count). The summed E-state index contributed by atoms with van der Waals surface area (Å²) in [6.45, 7) is 2.08. The van der Waals surface area contributed by atoms with Crippen LogP contribution >= 0.6 is 0 Å². The summed E-state index contributed by atoms with van der Waals surface area (Å²) in [5, 5.41) is 0. The van der Waals surface area contributed by atoms with Crippen molar-refractivity contribution in [2.75, 3.05) is 0 Å². The molecule has 0 N–H and O–H groups in total. The number of carbonyl (C=O) groups is 1. The Morgan fingerprint density at radius 1 is 0.938 bits per heavy atom. The molecule has 2 nitrogen and oxygen atoms in total. The van der Waals surface area contributed by atoms with Gasteiger partial charge in [-0.05, 0) is 60.7 Å². The second-order valence-corrected chi connectivity index (χ2v) is 7.75. The van der Waals surface area contributed by atoms with Gasteiger partial charge < -0.3 is 4.74 Å². The van der Waals surface area contributed by atoms with E-state index < -0.39 is 29.2 Å². The molecule has 0 aromatic heterocycles. The first-order valence-electron chi connectivity index (χ1n) is 10.4.